The number of hydrogen-bond acceptors (Lipinski definition) is 52. The number of nitrogens with zero attached hydrogens (tertiary/aromatic N) is 16. The summed E-state index contributed by atoms with van der Waals surface area (Å²) in [7, 11) is 1.02. The van der Waals surface area contributed by atoms with E-state index < -0.39 is 242 Å². The van der Waals surface area contributed by atoms with Gasteiger partial charge in [0.15, 0.2) is 58.3 Å². The predicted octanol–water partition coefficient (Wildman–Crippen LogP) is -3.92. The van der Waals surface area contributed by atoms with E-state index in [2.05, 4.69) is 69.8 Å². The van der Waals surface area contributed by atoms with Crippen LogP contribution in [0.5, 0.6) is 0 Å². The number of hydrogen-bond donors (Lipinski definition) is 9. The van der Waals surface area contributed by atoms with Gasteiger partial charge >= 0.3 is 11.4 Å². The minimum absolute atomic E-state index is 0.000978. The molecule has 710 valence electrons. The van der Waals surface area contributed by atoms with Crippen molar-refractivity contribution in [1.82, 2.24) is 97.2 Å². The number of nitrogens with two attached hydrogens (primary N) is 4. The highest BCUT2D eigenvalue weighted by Crippen LogP contribution is 2.59. The van der Waals surface area contributed by atoms with E-state index in [1.54, 1.807) is 6.92 Å². The van der Waals surface area contributed by atoms with Crippen LogP contribution >= 0.6 is 40.4 Å². The molecule has 17 rings (SSSR count). The highest BCUT2D eigenvalue weighted by molar-refractivity contribution is 8.32. The van der Waals surface area contributed by atoms with Crippen molar-refractivity contribution < 1.29 is 122 Å². The molecule has 7 aliphatic rings. The normalized spacial score (nSPS) is 30.8. The Labute approximate surface area is 762 Å². The molecule has 0 amide bonds. The monoisotopic (exact) mass is 2060 g/mol. The Bertz CT molecular complexity index is 6790. The van der Waals surface area contributed by atoms with E-state index in [1.807, 2.05) is 0 Å². The predicted molar refractivity (Wildman–Crippen MR) is 456 cm³/mol. The summed E-state index contributed by atoms with van der Waals surface area (Å²) < 4.78 is 137. The highest BCUT2D eigenvalue weighted by Gasteiger charge is 2.67. The van der Waals surface area contributed by atoms with Gasteiger partial charge in [0, 0.05) is 62.7 Å². The van der Waals surface area contributed by atoms with Crippen molar-refractivity contribution in [2.45, 2.75) is 175 Å². The van der Waals surface area contributed by atoms with Crippen LogP contribution in [0, 0.1) is 13.8 Å². The number of imidazole rings is 4. The van der Waals surface area contributed by atoms with E-state index in [0.717, 1.165) is 35.1 Å². The molecule has 2 bridgehead atoms. The van der Waals surface area contributed by atoms with Crippen molar-refractivity contribution in [1.29, 1.82) is 0 Å². The van der Waals surface area contributed by atoms with E-state index in [-0.39, 0.29) is 105 Å². The van der Waals surface area contributed by atoms with Gasteiger partial charge in [0.05, 0.1) is 102 Å². The summed E-state index contributed by atoms with van der Waals surface area (Å²) in [6.07, 6.45) is -17.7. The van der Waals surface area contributed by atoms with Gasteiger partial charge in [-0.2, -0.15) is 9.97 Å². The first-order valence-corrected chi connectivity index (χ1v) is 54.2. The Kier molecular flexibility index (Phi) is 27.3. The maximum absolute atomic E-state index is 15.0. The van der Waals surface area contributed by atoms with Crippen LogP contribution in [0.3, 0.4) is 0 Å². The number of nitrogen functional groups attached to an aromatic ring is 4. The number of aromatic amines is 4. The van der Waals surface area contributed by atoms with Crippen LogP contribution < -0.4 is 81.0 Å². The first-order chi connectivity index (χ1) is 61.9. The minimum atomic E-state index is -5.03. The molecule has 7 fully saturated rings. The molecular formula is C63H74N24O32P6S6-6. The van der Waals surface area contributed by atoms with Gasteiger partial charge in [-0.3, -0.25) is 71.1 Å². The fourth-order valence-electron chi connectivity index (χ4n) is 15.9. The van der Waals surface area contributed by atoms with Crippen molar-refractivity contribution in [3.8, 4) is 0 Å². The lowest BCUT2D eigenvalue weighted by molar-refractivity contribution is -0.226. The van der Waals surface area contributed by atoms with Crippen LogP contribution in [0.15, 0.2) is 79.1 Å². The summed E-state index contributed by atoms with van der Waals surface area (Å²) in [5.41, 5.74) is 17.8. The lowest BCUT2D eigenvalue weighted by Crippen LogP contribution is -2.50. The average Bonchev–Trinajstić information content (AvgIpc) is 1.54. The Morgan fingerprint density at radius 2 is 0.809 bits per heavy atom. The van der Waals surface area contributed by atoms with E-state index in [9.17, 15) is 62.9 Å². The van der Waals surface area contributed by atoms with Gasteiger partial charge in [0.1, 0.15) is 137 Å². The van der Waals surface area contributed by atoms with Crippen molar-refractivity contribution >= 4 is 180 Å². The molecule has 13 N–H and O–H groups in total. The van der Waals surface area contributed by atoms with E-state index >= 15 is 0 Å². The molecule has 0 radical (unpaired) electrons. The second kappa shape index (κ2) is 37.3. The Morgan fingerprint density at radius 1 is 0.466 bits per heavy atom. The van der Waals surface area contributed by atoms with Crippen LogP contribution in [0.25, 0.3) is 44.7 Å². The van der Waals surface area contributed by atoms with Crippen LogP contribution in [0.4, 0.5) is 23.5 Å². The zero-order valence-corrected chi connectivity index (χ0v) is 77.8. The summed E-state index contributed by atoms with van der Waals surface area (Å²) in [6.45, 7) is -29.3. The lowest BCUT2D eigenvalue weighted by atomic mass is 9.94. The van der Waals surface area contributed by atoms with Gasteiger partial charge in [-0.15, -0.1) is 0 Å². The van der Waals surface area contributed by atoms with Gasteiger partial charge in [0.2, 0.25) is 11.9 Å². The molecule has 56 nitrogen and oxygen atoms in total. The van der Waals surface area contributed by atoms with Crippen LogP contribution in [0.1, 0.15) is 87.5 Å². The minimum Gasteiger partial charge on any atom is -0.780 e. The standard InChI is InChI=1S/C63H80N24O32P6S6/c1-24-10-82(61(93)80-54(24)89)37-5-27(114-120(95,126)101-4)32(108-37)12-102-122(97,128)117-30-8-40(85-21-74-44-52(85)76-59(66)78-56(44)91)111-34(30)14-104-121(96,127)115-28-6-38(83-11-25(2)55(90)81-62(83)94)109-33(28)13-103-123(98,129)118-31-9-41(86-22-75-45-53(86)77-60(67)79-57(45)92)112-35(31)15-105-124(99,130)116-29-7-39(84-20-72-42-48(64)68-18-70-50(42)84)110-36(29)16-106-125(100,131)119-47-46-58(113-63(47,17-88)26(3)107-46)87-23-73-43-49(65)69-19-71-51(43)87/h10-11,18-23,26-41,46-47,58,88H,5-9,12-17H2,1-4H3,(H,95,126)(H,96,127)(H,97,128)(H,98,129)(H,99,130)(H,100,131)(H2,64,68,70)(H2,65,69,71)(H,80,89,93)(H,81,90,94)(H3,66,76,78,91)(H3,67,77,79,92)/p-6/t26-,27?,28?,29?,30?,31?,32+,33+,34+,35+,36+,37+,38+,39+,40+,41+,46-,47?,58+,63-,120?,121?,122?,123?,124?,125?/m0/s1. The van der Waals surface area contributed by atoms with Gasteiger partial charge in [0.25, 0.3) is 22.2 Å². The first kappa shape index (κ1) is 95.9. The van der Waals surface area contributed by atoms with Crippen LogP contribution in [0.2, 0.25) is 0 Å². The summed E-state index contributed by atoms with van der Waals surface area (Å²) in [6, 6.07) is 0. The number of ether oxygens (including phenoxy) is 7. The largest absolute Gasteiger partial charge is 0.780 e. The third-order valence-corrected chi connectivity index (χ3v) is 31.6. The molecule has 0 aromatic carbocycles. The topological polar surface area (TPSA) is 756 Å². The Morgan fingerprint density at radius 3 is 1.21 bits per heavy atom. The zero-order chi connectivity index (χ0) is 93.3. The Balaban J connectivity index is 0.596. The van der Waals surface area contributed by atoms with Gasteiger partial charge < -0.3 is 152 Å². The molecule has 68 heteroatoms. The van der Waals surface area contributed by atoms with E-state index in [4.69, 9.17) is 182 Å². The maximum atomic E-state index is 15.0. The van der Waals surface area contributed by atoms with Gasteiger partial charge in [-0.05, 0) is 20.8 Å². The molecule has 0 aliphatic carbocycles. The van der Waals surface area contributed by atoms with Crippen molar-refractivity contribution in [3.63, 3.8) is 0 Å². The molecule has 7 saturated heterocycles. The third-order valence-electron chi connectivity index (χ3n) is 22.2. The summed E-state index contributed by atoms with van der Waals surface area (Å²) >= 11 is 32.6. The number of anilines is 4. The van der Waals surface area contributed by atoms with Crippen LogP contribution in [-0.2, 0) is 163 Å². The average molecular weight is 2060 g/mol. The molecule has 26 atom stereocenters. The van der Waals surface area contributed by atoms with E-state index in [1.165, 1.54) is 63.6 Å². The molecule has 0 spiro atoms. The van der Waals surface area contributed by atoms with E-state index in [0.29, 0.717) is 0 Å². The third kappa shape index (κ3) is 20.1. The fraction of sp³-hybridized carbons (Fsp3) is 0.556. The molecule has 10 aromatic rings. The summed E-state index contributed by atoms with van der Waals surface area (Å²) in [5, 5.41) is 11.0. The second-order valence-electron chi connectivity index (χ2n) is 30.5. The van der Waals surface area contributed by atoms with Gasteiger partial charge in [-0.25, -0.2) is 49.5 Å². The summed E-state index contributed by atoms with van der Waals surface area (Å²) in [4.78, 5) is 200. The molecule has 7 aliphatic heterocycles. The quantitative estimate of drug-likeness (QED) is 0.0135. The number of aliphatic hydroxyl groups is 1. The molecule has 0 saturated carbocycles. The number of H-pyrrole nitrogens is 4. The number of rotatable bonds is 35. The molecule has 17 heterocycles. The highest BCUT2D eigenvalue weighted by atomic mass is 32.7. The molecule has 12 unspecified atom stereocenters. The number of fused-ring (bicyclic) bond motifs is 6. The Hall–Kier alpha value is -6.81. The molecule has 10 aromatic heterocycles. The summed E-state index contributed by atoms with van der Waals surface area (Å²) in [5.74, 6) is -0.611. The fourth-order valence-corrected chi connectivity index (χ4v) is 24.1. The molecular weight excluding hydrogens is 1980 g/mol. The second-order valence-corrected chi connectivity index (χ2v) is 46.8. The first-order valence-electron chi connectivity index (χ1n) is 38.8. The van der Waals surface area contributed by atoms with Crippen molar-refractivity contribution in [2.24, 2.45) is 0 Å². The smallest absolute Gasteiger partial charge is 0.330 e. The van der Waals surface area contributed by atoms with Crippen LogP contribution in [-0.4, -0.2) is 234 Å². The maximum Gasteiger partial charge on any atom is 0.330 e. The van der Waals surface area contributed by atoms with Gasteiger partial charge in [-0.1, -0.05) is 59.0 Å². The lowest BCUT2D eigenvalue weighted by Gasteiger charge is -2.37. The zero-order valence-electron chi connectivity index (χ0n) is 67.6. The number of aryl methyl sites for hydroxylation is 2. The van der Waals surface area contributed by atoms with Crippen molar-refractivity contribution in [2.75, 3.05) is 69.7 Å². The number of aliphatic hydroxyl groups excluding tert-OH is 1. The van der Waals surface area contributed by atoms with Crippen molar-refractivity contribution in [3.05, 3.63) is 124 Å². The number of aromatic nitrogens is 20. The molecule has 131 heavy (non-hydrogen) atoms. The number of nitrogens with one attached hydrogen (secondary N) is 4. The SMILES string of the molecule is COP([O-])(=S)OC1C[C@H](n2cc(C)c(=O)[nH]c2=O)O[C@@H]1COP([O-])(=S)OC1C[C@H](n2cnc3c(=O)[nH]c(N)nc32)O[C@@H]1COP([O-])(=S)OC1C[C@H](n2cc(C)c(=O)[nH]c2=O)O[C@@H]1COP(=O)([S-])OC1C[C@H](n2cnc3c(=O)[nH]c(N)nc32)O[C@@H]1COP([O-])(=S)OC1C[C@H](n2cnc3c(N)ncnc32)O[C@@H]1COP([O-])(=S)OC1[C@@H]2O[C@@H](C)[C@]1(CO)O[C@H]2n1cnc2c(N)ncnc21.